The van der Waals surface area contributed by atoms with Crippen molar-refractivity contribution in [1.82, 2.24) is 14.7 Å². The van der Waals surface area contributed by atoms with E-state index >= 15 is 0 Å². The lowest BCUT2D eigenvalue weighted by Gasteiger charge is -2.15. The number of carbonyl (C=O) groups is 1. The summed E-state index contributed by atoms with van der Waals surface area (Å²) in [5.74, 6) is 1.12. The zero-order valence-electron chi connectivity index (χ0n) is 16.0. The average molecular weight is 376 g/mol. The van der Waals surface area contributed by atoms with Gasteiger partial charge in [0.05, 0.1) is 12.8 Å². The number of aromatic nitrogens is 2. The third-order valence-corrected chi connectivity index (χ3v) is 4.37. The highest BCUT2D eigenvalue weighted by atomic mass is 35.5. The van der Waals surface area contributed by atoms with Gasteiger partial charge in [-0.3, -0.25) is 9.48 Å². The van der Waals surface area contributed by atoms with Crippen molar-refractivity contribution in [1.29, 1.82) is 0 Å². The lowest BCUT2D eigenvalue weighted by molar-refractivity contribution is -0.125. The van der Waals surface area contributed by atoms with E-state index in [4.69, 9.17) is 16.3 Å². The predicted octanol–water partition coefficient (Wildman–Crippen LogP) is 4.18. The number of rotatable bonds is 7. The van der Waals surface area contributed by atoms with Crippen molar-refractivity contribution < 1.29 is 9.53 Å². The molecule has 0 bridgehead atoms. The first kappa shape index (κ1) is 20.0. The highest BCUT2D eigenvalue weighted by molar-refractivity contribution is 6.31. The largest absolute Gasteiger partial charge is 0.497 e. The molecule has 5 nitrogen and oxygen atoms in total. The van der Waals surface area contributed by atoms with Gasteiger partial charge in [-0.2, -0.15) is 5.10 Å². The van der Waals surface area contributed by atoms with Crippen LogP contribution >= 0.6 is 11.6 Å². The Kier molecular flexibility index (Phi) is 6.86. The van der Waals surface area contributed by atoms with Gasteiger partial charge in [-0.05, 0) is 36.6 Å². The number of methoxy groups -OCH3 is 1. The summed E-state index contributed by atoms with van der Waals surface area (Å²) in [5, 5.41) is 5.02. The number of nitrogens with zero attached hydrogens (tertiary/aromatic N) is 3. The van der Waals surface area contributed by atoms with E-state index in [0.717, 1.165) is 29.1 Å². The first-order valence-corrected chi connectivity index (χ1v) is 8.98. The molecule has 1 amide bonds. The maximum Gasteiger partial charge on any atom is 0.246 e. The normalized spacial score (nSPS) is 11.3. The van der Waals surface area contributed by atoms with Crippen LogP contribution in [-0.2, 0) is 17.9 Å². The van der Waals surface area contributed by atoms with E-state index in [1.165, 1.54) is 6.08 Å². The quantitative estimate of drug-likeness (QED) is 0.682. The fourth-order valence-corrected chi connectivity index (χ4v) is 2.93. The fourth-order valence-electron chi connectivity index (χ4n) is 2.63. The number of hydrogen-bond donors (Lipinski definition) is 0. The van der Waals surface area contributed by atoms with E-state index in [1.54, 1.807) is 29.8 Å². The Morgan fingerprint density at radius 3 is 2.81 bits per heavy atom. The molecular weight excluding hydrogens is 350 g/mol. The second kappa shape index (κ2) is 8.90. The van der Waals surface area contributed by atoms with Crippen LogP contribution in [0.3, 0.4) is 0 Å². The van der Waals surface area contributed by atoms with E-state index in [0.29, 0.717) is 17.6 Å². The monoisotopic (exact) mass is 375 g/mol. The van der Waals surface area contributed by atoms with Crippen LogP contribution in [-0.4, -0.2) is 34.7 Å². The van der Waals surface area contributed by atoms with Crippen molar-refractivity contribution in [3.8, 4) is 5.75 Å². The number of ether oxygens (including phenoxy) is 1. The number of amides is 1. The van der Waals surface area contributed by atoms with E-state index in [9.17, 15) is 4.79 Å². The molecule has 0 N–H and O–H groups in total. The van der Waals surface area contributed by atoms with E-state index in [1.807, 2.05) is 31.2 Å². The van der Waals surface area contributed by atoms with Crippen LogP contribution in [0.15, 0.2) is 30.3 Å². The summed E-state index contributed by atoms with van der Waals surface area (Å²) in [6.07, 6.45) is 3.28. The molecule has 0 aliphatic carbocycles. The van der Waals surface area contributed by atoms with Crippen molar-refractivity contribution in [3.63, 3.8) is 0 Å². The molecule has 0 fully saturated rings. The molecule has 0 aliphatic rings. The van der Waals surface area contributed by atoms with Gasteiger partial charge in [0.15, 0.2) is 0 Å². The minimum absolute atomic E-state index is 0.0973. The second-order valence-electron chi connectivity index (χ2n) is 6.75. The summed E-state index contributed by atoms with van der Waals surface area (Å²) in [7, 11) is 3.39. The van der Waals surface area contributed by atoms with Gasteiger partial charge in [-0.1, -0.05) is 37.6 Å². The Balaban J connectivity index is 2.07. The number of aryl methyl sites for hydroxylation is 1. The average Bonchev–Trinajstić information content (AvgIpc) is 2.85. The summed E-state index contributed by atoms with van der Waals surface area (Å²) in [4.78, 5) is 14.1. The van der Waals surface area contributed by atoms with Gasteiger partial charge < -0.3 is 9.64 Å². The maximum absolute atomic E-state index is 12.4. The lowest BCUT2D eigenvalue weighted by Crippen LogP contribution is -2.24. The number of hydrogen-bond acceptors (Lipinski definition) is 3. The molecule has 2 rings (SSSR count). The lowest BCUT2D eigenvalue weighted by atomic mass is 10.2. The van der Waals surface area contributed by atoms with Crippen molar-refractivity contribution in [2.45, 2.75) is 33.9 Å². The van der Waals surface area contributed by atoms with E-state index in [2.05, 4.69) is 18.9 Å². The van der Waals surface area contributed by atoms with E-state index in [-0.39, 0.29) is 5.91 Å². The van der Waals surface area contributed by atoms with Crippen LogP contribution < -0.4 is 4.74 Å². The van der Waals surface area contributed by atoms with Crippen LogP contribution in [0, 0.1) is 12.8 Å². The second-order valence-corrected chi connectivity index (χ2v) is 7.10. The topological polar surface area (TPSA) is 47.4 Å². The number of carbonyl (C=O) groups excluding carboxylic acids is 1. The third kappa shape index (κ3) is 5.11. The summed E-state index contributed by atoms with van der Waals surface area (Å²) in [5.41, 5.74) is 2.61. The Hall–Kier alpha value is -2.27. The molecule has 140 valence electrons. The number of benzene rings is 1. The fraction of sp³-hybridized carbons (Fsp3) is 0.400. The van der Waals surface area contributed by atoms with Crippen LogP contribution in [0.25, 0.3) is 6.08 Å². The Morgan fingerprint density at radius 2 is 2.15 bits per heavy atom. The predicted molar refractivity (Wildman–Crippen MR) is 105 cm³/mol. The summed E-state index contributed by atoms with van der Waals surface area (Å²) in [6.45, 7) is 7.36. The van der Waals surface area contributed by atoms with Crippen LogP contribution in [0.5, 0.6) is 5.75 Å². The molecule has 0 spiro atoms. The molecule has 0 unspecified atom stereocenters. The highest BCUT2D eigenvalue weighted by Crippen LogP contribution is 2.22. The minimum Gasteiger partial charge on any atom is -0.497 e. The van der Waals surface area contributed by atoms with Crippen molar-refractivity contribution >= 4 is 23.6 Å². The SMILES string of the molecule is COc1cccc(CN(C)C(=O)/C=C/c2c(C)nn(CC(C)C)c2Cl)c1. The third-order valence-electron chi connectivity index (χ3n) is 3.97. The smallest absolute Gasteiger partial charge is 0.246 e. The van der Waals surface area contributed by atoms with Crippen molar-refractivity contribution in [3.05, 3.63) is 52.3 Å². The number of halogens is 1. The Labute approximate surface area is 160 Å². The Morgan fingerprint density at radius 1 is 1.42 bits per heavy atom. The molecule has 6 heteroatoms. The standard InChI is InChI=1S/C20H26ClN3O2/c1-14(2)12-24-20(21)18(15(3)22-24)9-10-19(25)23(4)13-16-7-6-8-17(11-16)26-5/h6-11,14H,12-13H2,1-5H3/b10-9+. The minimum atomic E-state index is -0.0973. The molecule has 26 heavy (non-hydrogen) atoms. The van der Waals surface area contributed by atoms with Crippen LogP contribution in [0.1, 0.15) is 30.7 Å². The highest BCUT2D eigenvalue weighted by Gasteiger charge is 2.13. The van der Waals surface area contributed by atoms with Gasteiger partial charge in [-0.25, -0.2) is 0 Å². The van der Waals surface area contributed by atoms with Gasteiger partial charge in [0.1, 0.15) is 10.9 Å². The zero-order valence-corrected chi connectivity index (χ0v) is 16.7. The molecule has 1 aromatic heterocycles. The molecule has 1 heterocycles. The molecule has 1 aromatic carbocycles. The molecule has 2 aromatic rings. The summed E-state index contributed by atoms with van der Waals surface area (Å²) in [6, 6.07) is 7.68. The maximum atomic E-state index is 12.4. The van der Waals surface area contributed by atoms with Crippen LogP contribution in [0.2, 0.25) is 5.15 Å². The molecule has 0 radical (unpaired) electrons. The first-order chi connectivity index (χ1) is 12.3. The molecular formula is C20H26ClN3O2. The molecule has 0 saturated heterocycles. The van der Waals surface area contributed by atoms with E-state index < -0.39 is 0 Å². The van der Waals surface area contributed by atoms with Gasteiger partial charge in [0.25, 0.3) is 0 Å². The van der Waals surface area contributed by atoms with Gasteiger partial charge in [-0.15, -0.1) is 0 Å². The van der Waals surface area contributed by atoms with Gasteiger partial charge >= 0.3 is 0 Å². The summed E-state index contributed by atoms with van der Waals surface area (Å²) >= 11 is 6.41. The van der Waals surface area contributed by atoms with Gasteiger partial charge in [0.2, 0.25) is 5.91 Å². The molecule has 0 saturated carbocycles. The van der Waals surface area contributed by atoms with Gasteiger partial charge in [0, 0.05) is 31.8 Å². The number of likely N-dealkylation sites (N-methyl/N-ethyl adjacent to an activating group) is 1. The zero-order chi connectivity index (χ0) is 19.3. The summed E-state index contributed by atoms with van der Waals surface area (Å²) < 4.78 is 7.00. The van der Waals surface area contributed by atoms with Crippen molar-refractivity contribution in [2.24, 2.45) is 5.92 Å². The first-order valence-electron chi connectivity index (χ1n) is 8.60. The van der Waals surface area contributed by atoms with Crippen molar-refractivity contribution in [2.75, 3.05) is 14.2 Å². The molecule has 0 aliphatic heterocycles. The van der Waals surface area contributed by atoms with Crippen LogP contribution in [0.4, 0.5) is 0 Å². The Bertz CT molecular complexity index is 796. The molecule has 0 atom stereocenters.